The van der Waals surface area contributed by atoms with Crippen LogP contribution in [0.1, 0.15) is 50.1 Å². The fraction of sp³-hybridized carbons (Fsp3) is 0.667. The zero-order chi connectivity index (χ0) is 14.5. The van der Waals surface area contributed by atoms with Crippen molar-refractivity contribution in [3.63, 3.8) is 0 Å². The zero-order valence-electron chi connectivity index (χ0n) is 12.8. The predicted octanol–water partition coefficient (Wildman–Crippen LogP) is 3.44. The monoisotopic (exact) mass is 289 g/mol. The first kappa shape index (κ1) is 15.0. The van der Waals surface area contributed by atoms with Crippen LogP contribution in [0.3, 0.4) is 0 Å². The largest absolute Gasteiger partial charge is 0.381 e. The molecule has 0 amide bonds. The third-order valence-corrected chi connectivity index (χ3v) is 5.11. The van der Waals surface area contributed by atoms with Crippen LogP contribution in [0.4, 0.5) is 0 Å². The van der Waals surface area contributed by atoms with E-state index in [-0.39, 0.29) is 11.6 Å². The average molecular weight is 289 g/mol. The minimum absolute atomic E-state index is 0.109. The second kappa shape index (κ2) is 6.91. The van der Waals surface area contributed by atoms with Gasteiger partial charge in [-0.2, -0.15) is 0 Å². The summed E-state index contributed by atoms with van der Waals surface area (Å²) >= 11 is 0. The Balaban J connectivity index is 1.51. The van der Waals surface area contributed by atoms with Gasteiger partial charge in [-0.1, -0.05) is 30.3 Å². The Labute approximate surface area is 127 Å². The molecule has 2 N–H and O–H groups in total. The second-order valence-corrected chi connectivity index (χ2v) is 6.60. The van der Waals surface area contributed by atoms with Crippen LogP contribution in [0.2, 0.25) is 0 Å². The summed E-state index contributed by atoms with van der Waals surface area (Å²) in [6.07, 6.45) is 6.79. The lowest BCUT2D eigenvalue weighted by atomic mass is 9.78. The van der Waals surface area contributed by atoms with E-state index in [2.05, 4.69) is 24.3 Å². The van der Waals surface area contributed by atoms with Crippen LogP contribution >= 0.6 is 0 Å². The molecule has 3 heteroatoms. The van der Waals surface area contributed by atoms with Gasteiger partial charge in [-0.05, 0) is 50.0 Å². The van der Waals surface area contributed by atoms with Gasteiger partial charge in [-0.25, -0.2) is 0 Å². The Kier molecular flexibility index (Phi) is 4.94. The Morgan fingerprint density at radius 3 is 2.67 bits per heavy atom. The van der Waals surface area contributed by atoms with Crippen molar-refractivity contribution >= 4 is 0 Å². The highest BCUT2D eigenvalue weighted by Gasteiger charge is 2.38. The van der Waals surface area contributed by atoms with Crippen LogP contribution in [0, 0.1) is 5.92 Å². The molecule has 0 radical (unpaired) electrons. The molecular weight excluding hydrogens is 262 g/mol. The smallest absolute Gasteiger partial charge is 0.0729 e. The highest BCUT2D eigenvalue weighted by Crippen LogP contribution is 2.39. The molecule has 2 saturated heterocycles. The summed E-state index contributed by atoms with van der Waals surface area (Å²) in [6, 6.07) is 10.6. The molecule has 116 valence electrons. The quantitative estimate of drug-likeness (QED) is 0.923. The van der Waals surface area contributed by atoms with Gasteiger partial charge in [0, 0.05) is 25.9 Å². The van der Waals surface area contributed by atoms with Crippen molar-refractivity contribution in [2.75, 3.05) is 19.8 Å². The first-order valence-corrected chi connectivity index (χ1v) is 8.30. The first-order valence-electron chi connectivity index (χ1n) is 8.30. The van der Waals surface area contributed by atoms with Gasteiger partial charge in [-0.15, -0.1) is 0 Å². The molecule has 2 fully saturated rings. The van der Waals surface area contributed by atoms with Gasteiger partial charge in [0.05, 0.1) is 5.60 Å². The molecule has 0 saturated carbocycles. The molecular formula is C18H27NO2. The van der Waals surface area contributed by atoms with E-state index in [9.17, 15) is 0 Å². The Morgan fingerprint density at radius 1 is 1.14 bits per heavy atom. The third-order valence-electron chi connectivity index (χ3n) is 5.11. The van der Waals surface area contributed by atoms with E-state index in [1.54, 1.807) is 0 Å². The second-order valence-electron chi connectivity index (χ2n) is 6.60. The molecule has 3 rings (SSSR count). The summed E-state index contributed by atoms with van der Waals surface area (Å²) < 4.78 is 11.6. The summed E-state index contributed by atoms with van der Waals surface area (Å²) in [5, 5.41) is 0. The fourth-order valence-corrected chi connectivity index (χ4v) is 3.75. The lowest BCUT2D eigenvalue weighted by Gasteiger charge is -2.43. The normalized spacial score (nSPS) is 26.6. The molecule has 2 heterocycles. The Morgan fingerprint density at radius 2 is 1.90 bits per heavy atom. The summed E-state index contributed by atoms with van der Waals surface area (Å²) in [4.78, 5) is 0. The number of benzene rings is 1. The van der Waals surface area contributed by atoms with E-state index < -0.39 is 0 Å². The van der Waals surface area contributed by atoms with Crippen LogP contribution in [0.5, 0.6) is 0 Å². The number of ether oxygens (including phenoxy) is 2. The molecule has 2 unspecified atom stereocenters. The SMILES string of the molecule is NC(CCC1CCOC2(CCOCC2)C1)c1ccccc1. The van der Waals surface area contributed by atoms with Crippen LogP contribution in [0.25, 0.3) is 0 Å². The van der Waals surface area contributed by atoms with Gasteiger partial charge in [0.25, 0.3) is 0 Å². The molecule has 21 heavy (non-hydrogen) atoms. The van der Waals surface area contributed by atoms with Gasteiger partial charge in [-0.3, -0.25) is 0 Å². The van der Waals surface area contributed by atoms with Gasteiger partial charge in [0.1, 0.15) is 0 Å². The van der Waals surface area contributed by atoms with Gasteiger partial charge < -0.3 is 15.2 Å². The standard InChI is InChI=1S/C18H27NO2/c19-17(16-4-2-1-3-5-16)7-6-15-8-11-21-18(14-15)9-12-20-13-10-18/h1-5,15,17H,6-14,19H2. The maximum Gasteiger partial charge on any atom is 0.0729 e. The Hall–Kier alpha value is -0.900. The number of rotatable bonds is 4. The highest BCUT2D eigenvalue weighted by atomic mass is 16.5. The minimum atomic E-state index is 0.109. The van der Waals surface area contributed by atoms with Gasteiger partial charge in [0.2, 0.25) is 0 Å². The lowest BCUT2D eigenvalue weighted by Crippen LogP contribution is -2.44. The molecule has 0 aliphatic carbocycles. The van der Waals surface area contributed by atoms with Crippen molar-refractivity contribution in [1.29, 1.82) is 0 Å². The molecule has 1 aromatic carbocycles. The number of hydrogen-bond acceptors (Lipinski definition) is 3. The zero-order valence-corrected chi connectivity index (χ0v) is 12.8. The molecule has 1 aromatic rings. The molecule has 2 aliphatic heterocycles. The minimum Gasteiger partial charge on any atom is -0.381 e. The van der Waals surface area contributed by atoms with Crippen molar-refractivity contribution in [2.24, 2.45) is 11.7 Å². The summed E-state index contributed by atoms with van der Waals surface area (Å²) in [5.74, 6) is 0.756. The van der Waals surface area contributed by atoms with Crippen LogP contribution in [0.15, 0.2) is 30.3 Å². The average Bonchev–Trinajstić information content (AvgIpc) is 2.54. The van der Waals surface area contributed by atoms with Crippen molar-refractivity contribution in [2.45, 2.75) is 50.2 Å². The lowest BCUT2D eigenvalue weighted by molar-refractivity contribution is -0.147. The van der Waals surface area contributed by atoms with Gasteiger partial charge in [0.15, 0.2) is 0 Å². The molecule has 2 atom stereocenters. The van der Waals surface area contributed by atoms with E-state index in [4.69, 9.17) is 15.2 Å². The van der Waals surface area contributed by atoms with Gasteiger partial charge >= 0.3 is 0 Å². The summed E-state index contributed by atoms with van der Waals surface area (Å²) in [7, 11) is 0. The highest BCUT2D eigenvalue weighted by molar-refractivity contribution is 5.18. The van der Waals surface area contributed by atoms with Crippen molar-refractivity contribution in [3.05, 3.63) is 35.9 Å². The molecule has 0 aromatic heterocycles. The van der Waals surface area contributed by atoms with E-state index in [1.807, 2.05) is 6.07 Å². The summed E-state index contributed by atoms with van der Waals surface area (Å²) in [6.45, 7) is 2.62. The van der Waals surface area contributed by atoms with E-state index in [0.29, 0.717) is 0 Å². The summed E-state index contributed by atoms with van der Waals surface area (Å²) in [5.41, 5.74) is 7.69. The topological polar surface area (TPSA) is 44.5 Å². The number of hydrogen-bond donors (Lipinski definition) is 1. The molecule has 3 nitrogen and oxygen atoms in total. The van der Waals surface area contributed by atoms with Crippen LogP contribution < -0.4 is 5.73 Å². The fourth-order valence-electron chi connectivity index (χ4n) is 3.75. The molecule has 1 spiro atoms. The molecule has 0 bridgehead atoms. The maximum absolute atomic E-state index is 6.33. The third kappa shape index (κ3) is 3.85. The Bertz CT molecular complexity index is 423. The van der Waals surface area contributed by atoms with Crippen molar-refractivity contribution in [1.82, 2.24) is 0 Å². The first-order chi connectivity index (χ1) is 10.3. The van der Waals surface area contributed by atoms with E-state index in [1.165, 1.54) is 24.8 Å². The van der Waals surface area contributed by atoms with Crippen LogP contribution in [-0.2, 0) is 9.47 Å². The van der Waals surface area contributed by atoms with Crippen molar-refractivity contribution < 1.29 is 9.47 Å². The van der Waals surface area contributed by atoms with E-state index in [0.717, 1.165) is 45.0 Å². The van der Waals surface area contributed by atoms with Crippen molar-refractivity contribution in [3.8, 4) is 0 Å². The van der Waals surface area contributed by atoms with E-state index >= 15 is 0 Å². The predicted molar refractivity (Wildman–Crippen MR) is 84.1 cm³/mol. The molecule has 2 aliphatic rings. The maximum atomic E-state index is 6.33. The van der Waals surface area contributed by atoms with Crippen LogP contribution in [-0.4, -0.2) is 25.4 Å². The number of nitrogens with two attached hydrogens (primary N) is 1.